The third-order valence-corrected chi connectivity index (χ3v) is 5.79. The summed E-state index contributed by atoms with van der Waals surface area (Å²) in [5.41, 5.74) is 3.67. The van der Waals surface area contributed by atoms with E-state index in [9.17, 15) is 10.1 Å². The first-order valence-corrected chi connectivity index (χ1v) is 11.5. The SMILES string of the molecule is COc1cc(/C=C(/C#N)C(=O)NCCc2c[nH]c3ccccc23)cc(Cl)c1OCc1ccccc1. The van der Waals surface area contributed by atoms with Crippen LogP contribution in [0.1, 0.15) is 16.7 Å². The molecule has 1 aromatic heterocycles. The average Bonchev–Trinajstić information content (AvgIpc) is 3.30. The largest absolute Gasteiger partial charge is 0.493 e. The lowest BCUT2D eigenvalue weighted by atomic mass is 10.1. The van der Waals surface area contributed by atoms with Gasteiger partial charge in [-0.3, -0.25) is 4.79 Å². The topological polar surface area (TPSA) is 87.1 Å². The molecule has 1 amide bonds. The summed E-state index contributed by atoms with van der Waals surface area (Å²) in [5, 5.41) is 13.8. The molecule has 0 radical (unpaired) electrons. The summed E-state index contributed by atoms with van der Waals surface area (Å²) in [6.45, 7) is 0.727. The maximum absolute atomic E-state index is 12.6. The first kappa shape index (κ1) is 23.9. The monoisotopic (exact) mass is 485 g/mol. The molecule has 176 valence electrons. The molecule has 0 unspecified atom stereocenters. The number of nitrogens with zero attached hydrogens (tertiary/aromatic N) is 1. The van der Waals surface area contributed by atoms with Crippen molar-refractivity contribution in [3.8, 4) is 17.6 Å². The lowest BCUT2D eigenvalue weighted by Crippen LogP contribution is -2.26. The number of nitrogens with one attached hydrogen (secondary N) is 2. The van der Waals surface area contributed by atoms with Crippen LogP contribution >= 0.6 is 11.6 Å². The number of rotatable bonds is 9. The van der Waals surface area contributed by atoms with Gasteiger partial charge >= 0.3 is 0 Å². The Hall–Kier alpha value is -4.21. The number of carbonyl (C=O) groups excluding carboxylic acids is 1. The van der Waals surface area contributed by atoms with Crippen molar-refractivity contribution in [3.05, 3.63) is 100 Å². The van der Waals surface area contributed by atoms with Crippen molar-refractivity contribution in [2.24, 2.45) is 0 Å². The van der Waals surface area contributed by atoms with Crippen LogP contribution in [0.3, 0.4) is 0 Å². The lowest BCUT2D eigenvalue weighted by Gasteiger charge is -2.13. The number of halogens is 1. The average molecular weight is 486 g/mol. The number of aromatic amines is 1. The molecule has 4 rings (SSSR count). The Bertz CT molecular complexity index is 1400. The van der Waals surface area contributed by atoms with Gasteiger partial charge in [-0.25, -0.2) is 0 Å². The van der Waals surface area contributed by atoms with Gasteiger partial charge in [-0.1, -0.05) is 60.1 Å². The minimum Gasteiger partial charge on any atom is -0.493 e. The van der Waals surface area contributed by atoms with Crippen LogP contribution in [-0.4, -0.2) is 24.5 Å². The van der Waals surface area contributed by atoms with Gasteiger partial charge < -0.3 is 19.8 Å². The van der Waals surface area contributed by atoms with E-state index < -0.39 is 5.91 Å². The Kier molecular flexibility index (Phi) is 7.71. The van der Waals surface area contributed by atoms with Gasteiger partial charge in [0.15, 0.2) is 11.5 Å². The third kappa shape index (κ3) is 5.84. The Morgan fingerprint density at radius 2 is 1.91 bits per heavy atom. The van der Waals surface area contributed by atoms with Crippen LogP contribution < -0.4 is 14.8 Å². The molecule has 6 nitrogen and oxygen atoms in total. The molecule has 0 fully saturated rings. The number of hydrogen-bond donors (Lipinski definition) is 2. The maximum atomic E-state index is 12.6. The smallest absolute Gasteiger partial charge is 0.261 e. The van der Waals surface area contributed by atoms with Gasteiger partial charge in [0.1, 0.15) is 18.2 Å². The number of amides is 1. The molecule has 35 heavy (non-hydrogen) atoms. The van der Waals surface area contributed by atoms with Gasteiger partial charge in [0.25, 0.3) is 5.91 Å². The van der Waals surface area contributed by atoms with Crippen LogP contribution in [0.15, 0.2) is 78.5 Å². The highest BCUT2D eigenvalue weighted by atomic mass is 35.5. The summed E-state index contributed by atoms with van der Waals surface area (Å²) < 4.78 is 11.3. The van der Waals surface area contributed by atoms with E-state index in [0.29, 0.717) is 41.7 Å². The van der Waals surface area contributed by atoms with E-state index in [0.717, 1.165) is 22.0 Å². The third-order valence-electron chi connectivity index (χ3n) is 5.51. The molecule has 1 heterocycles. The maximum Gasteiger partial charge on any atom is 0.261 e. The number of benzene rings is 3. The second kappa shape index (κ2) is 11.3. The number of para-hydroxylation sites is 1. The van der Waals surface area contributed by atoms with E-state index in [2.05, 4.69) is 10.3 Å². The van der Waals surface area contributed by atoms with E-state index in [1.807, 2.05) is 66.9 Å². The van der Waals surface area contributed by atoms with Crippen LogP contribution in [-0.2, 0) is 17.8 Å². The molecule has 0 atom stereocenters. The van der Waals surface area contributed by atoms with Gasteiger partial charge in [-0.05, 0) is 47.4 Å². The predicted octanol–water partition coefficient (Wildman–Crippen LogP) is 5.67. The minimum atomic E-state index is -0.452. The Labute approximate surface area is 208 Å². The fraction of sp³-hybridized carbons (Fsp3) is 0.143. The summed E-state index contributed by atoms with van der Waals surface area (Å²) in [6, 6.07) is 23.0. The van der Waals surface area contributed by atoms with E-state index in [1.54, 1.807) is 12.1 Å². The van der Waals surface area contributed by atoms with E-state index in [4.69, 9.17) is 21.1 Å². The number of methoxy groups -OCH3 is 1. The highest BCUT2D eigenvalue weighted by molar-refractivity contribution is 6.32. The van der Waals surface area contributed by atoms with Crippen molar-refractivity contribution in [2.75, 3.05) is 13.7 Å². The van der Waals surface area contributed by atoms with Crippen molar-refractivity contribution < 1.29 is 14.3 Å². The molecule has 2 N–H and O–H groups in total. The molecule has 0 saturated carbocycles. The Morgan fingerprint density at radius 3 is 2.69 bits per heavy atom. The van der Waals surface area contributed by atoms with Crippen molar-refractivity contribution in [3.63, 3.8) is 0 Å². The number of ether oxygens (including phenoxy) is 2. The molecule has 0 bridgehead atoms. The van der Waals surface area contributed by atoms with Gasteiger partial charge in [-0.2, -0.15) is 5.26 Å². The standard InChI is InChI=1S/C28H24ClN3O3/c1-34-26-15-20(14-24(29)27(26)35-18-19-7-3-2-4-8-19)13-22(16-30)28(33)31-12-11-21-17-32-25-10-6-5-9-23(21)25/h2-10,13-15,17,32H,11-12,18H2,1H3,(H,31,33)/b22-13-. The summed E-state index contributed by atoms with van der Waals surface area (Å²) >= 11 is 6.45. The zero-order chi connectivity index (χ0) is 24.6. The van der Waals surface area contributed by atoms with E-state index in [-0.39, 0.29) is 5.57 Å². The molecular weight excluding hydrogens is 462 g/mol. The molecule has 0 aliphatic heterocycles. The highest BCUT2D eigenvalue weighted by Gasteiger charge is 2.14. The number of carbonyl (C=O) groups is 1. The van der Waals surface area contributed by atoms with Crippen LogP contribution in [0.25, 0.3) is 17.0 Å². The fourth-order valence-electron chi connectivity index (χ4n) is 3.75. The van der Waals surface area contributed by atoms with Gasteiger partial charge in [0.05, 0.1) is 12.1 Å². The zero-order valence-corrected chi connectivity index (χ0v) is 19.9. The highest BCUT2D eigenvalue weighted by Crippen LogP contribution is 2.37. The van der Waals surface area contributed by atoms with Crippen LogP contribution in [0.2, 0.25) is 5.02 Å². The van der Waals surface area contributed by atoms with Crippen LogP contribution in [0.5, 0.6) is 11.5 Å². The first-order valence-electron chi connectivity index (χ1n) is 11.1. The van der Waals surface area contributed by atoms with E-state index in [1.165, 1.54) is 13.2 Å². The normalized spacial score (nSPS) is 11.2. The number of nitriles is 1. The van der Waals surface area contributed by atoms with Gasteiger partial charge in [0.2, 0.25) is 0 Å². The van der Waals surface area contributed by atoms with E-state index >= 15 is 0 Å². The van der Waals surface area contributed by atoms with Gasteiger partial charge in [-0.15, -0.1) is 0 Å². The quantitative estimate of drug-likeness (QED) is 0.236. The fourth-order valence-corrected chi connectivity index (χ4v) is 4.03. The summed E-state index contributed by atoms with van der Waals surface area (Å²) in [6.07, 6.45) is 4.06. The van der Waals surface area contributed by atoms with Crippen LogP contribution in [0, 0.1) is 11.3 Å². The molecule has 3 aromatic carbocycles. The lowest BCUT2D eigenvalue weighted by molar-refractivity contribution is -0.117. The number of hydrogen-bond acceptors (Lipinski definition) is 4. The molecule has 0 saturated heterocycles. The summed E-state index contributed by atoms with van der Waals surface area (Å²) in [5.74, 6) is 0.361. The second-order valence-corrected chi connectivity index (χ2v) is 8.25. The molecule has 7 heteroatoms. The minimum absolute atomic E-state index is 0.0278. The summed E-state index contributed by atoms with van der Waals surface area (Å²) in [4.78, 5) is 15.9. The number of aromatic nitrogens is 1. The molecular formula is C28H24ClN3O3. The van der Waals surface area contributed by atoms with Crippen molar-refractivity contribution in [1.82, 2.24) is 10.3 Å². The first-order chi connectivity index (χ1) is 17.1. The Morgan fingerprint density at radius 1 is 1.14 bits per heavy atom. The number of fused-ring (bicyclic) bond motifs is 1. The molecule has 4 aromatic rings. The predicted molar refractivity (Wildman–Crippen MR) is 137 cm³/mol. The molecule has 0 aliphatic rings. The zero-order valence-electron chi connectivity index (χ0n) is 19.2. The van der Waals surface area contributed by atoms with Gasteiger partial charge in [0, 0.05) is 23.6 Å². The second-order valence-electron chi connectivity index (χ2n) is 7.84. The number of H-pyrrole nitrogens is 1. The Balaban J connectivity index is 1.43. The van der Waals surface area contributed by atoms with Crippen molar-refractivity contribution >= 4 is 34.5 Å². The summed E-state index contributed by atoms with van der Waals surface area (Å²) in [7, 11) is 1.51. The molecule has 0 spiro atoms. The van der Waals surface area contributed by atoms with Crippen LogP contribution in [0.4, 0.5) is 0 Å². The molecule has 0 aliphatic carbocycles. The van der Waals surface area contributed by atoms with Crippen molar-refractivity contribution in [1.29, 1.82) is 5.26 Å². The van der Waals surface area contributed by atoms with Crippen molar-refractivity contribution in [2.45, 2.75) is 13.0 Å².